The highest BCUT2D eigenvalue weighted by atomic mass is 35.5. The molecule has 2 aromatic heterocycles. The Balaban J connectivity index is 1.69. The molecule has 27 heavy (non-hydrogen) atoms. The first-order valence-corrected chi connectivity index (χ1v) is 9.56. The quantitative estimate of drug-likeness (QED) is 0.636. The third-order valence-corrected chi connectivity index (χ3v) is 4.86. The summed E-state index contributed by atoms with van der Waals surface area (Å²) in [7, 11) is 0. The summed E-state index contributed by atoms with van der Waals surface area (Å²) in [5.41, 5.74) is 1.65. The topological polar surface area (TPSA) is 84.2 Å². The number of nitrogens with one attached hydrogen (secondary N) is 2. The fourth-order valence-electron chi connectivity index (χ4n) is 2.42. The van der Waals surface area contributed by atoms with Crippen molar-refractivity contribution >= 4 is 39.9 Å². The van der Waals surface area contributed by atoms with Gasteiger partial charge in [0, 0.05) is 16.0 Å². The highest BCUT2D eigenvalue weighted by Gasteiger charge is 2.26. The zero-order valence-corrected chi connectivity index (χ0v) is 16.3. The number of amides is 2. The number of nitrogens with zero attached hydrogens (tertiary/aromatic N) is 1. The number of thiazole rings is 1. The first-order valence-electron chi connectivity index (χ1n) is 8.30. The van der Waals surface area contributed by atoms with Crippen LogP contribution in [0, 0.1) is 5.92 Å². The Labute approximate surface area is 165 Å². The molecule has 140 valence electrons. The van der Waals surface area contributed by atoms with Crippen molar-refractivity contribution in [2.24, 2.45) is 5.92 Å². The molecule has 0 bridgehead atoms. The van der Waals surface area contributed by atoms with Crippen molar-refractivity contribution in [2.75, 3.05) is 5.32 Å². The smallest absolute Gasteiger partial charge is 0.287 e. The molecule has 3 aromatic rings. The Morgan fingerprint density at radius 2 is 1.93 bits per heavy atom. The van der Waals surface area contributed by atoms with Crippen LogP contribution < -0.4 is 10.6 Å². The summed E-state index contributed by atoms with van der Waals surface area (Å²) in [5.74, 6) is -0.718. The number of aromatic nitrogens is 1. The second-order valence-corrected chi connectivity index (χ2v) is 7.50. The van der Waals surface area contributed by atoms with Gasteiger partial charge >= 0.3 is 0 Å². The highest BCUT2D eigenvalue weighted by molar-refractivity contribution is 7.14. The number of carbonyl (C=O) groups excluding carboxylic acids is 2. The predicted molar refractivity (Wildman–Crippen MR) is 106 cm³/mol. The number of carbonyl (C=O) groups is 2. The lowest BCUT2D eigenvalue weighted by Crippen LogP contribution is -2.47. The molecule has 0 aliphatic carbocycles. The molecule has 2 N–H and O–H groups in total. The number of furan rings is 1. The Kier molecular flexibility index (Phi) is 5.93. The van der Waals surface area contributed by atoms with Crippen LogP contribution in [0.5, 0.6) is 0 Å². The molecule has 0 fully saturated rings. The van der Waals surface area contributed by atoms with Gasteiger partial charge in [-0.05, 0) is 30.2 Å². The molecule has 3 rings (SSSR count). The van der Waals surface area contributed by atoms with Crippen molar-refractivity contribution in [3.8, 4) is 11.3 Å². The van der Waals surface area contributed by atoms with Crippen LogP contribution in [0.25, 0.3) is 11.3 Å². The Hall–Kier alpha value is -2.64. The number of anilines is 1. The van der Waals surface area contributed by atoms with Gasteiger partial charge in [0.25, 0.3) is 5.91 Å². The number of benzene rings is 1. The van der Waals surface area contributed by atoms with Gasteiger partial charge < -0.3 is 15.1 Å². The molecule has 2 amide bonds. The molecule has 1 aromatic carbocycles. The maximum absolute atomic E-state index is 12.6. The Bertz CT molecular complexity index is 920. The summed E-state index contributed by atoms with van der Waals surface area (Å²) < 4.78 is 5.07. The second kappa shape index (κ2) is 8.37. The normalized spacial score (nSPS) is 12.0. The van der Waals surface area contributed by atoms with Gasteiger partial charge in [0.2, 0.25) is 5.91 Å². The summed E-state index contributed by atoms with van der Waals surface area (Å²) in [4.78, 5) is 29.3. The monoisotopic (exact) mass is 403 g/mol. The summed E-state index contributed by atoms with van der Waals surface area (Å²) in [5, 5.41) is 8.43. The van der Waals surface area contributed by atoms with Crippen molar-refractivity contribution in [1.29, 1.82) is 0 Å². The largest absolute Gasteiger partial charge is 0.459 e. The minimum absolute atomic E-state index is 0.111. The third-order valence-electron chi connectivity index (χ3n) is 3.86. The fraction of sp³-hybridized carbons (Fsp3) is 0.211. The Morgan fingerprint density at radius 3 is 2.56 bits per heavy atom. The third kappa shape index (κ3) is 4.75. The SMILES string of the molecule is CC(C)[C@H](NC(=O)c1ccco1)C(=O)Nc1nc(-c2ccc(Cl)cc2)cs1. The first kappa shape index (κ1) is 19.1. The van der Waals surface area contributed by atoms with Gasteiger partial charge in [-0.25, -0.2) is 4.98 Å². The van der Waals surface area contributed by atoms with Crippen molar-refractivity contribution in [3.05, 3.63) is 58.8 Å². The average Bonchev–Trinajstić information content (AvgIpc) is 3.31. The van der Waals surface area contributed by atoms with Crippen molar-refractivity contribution < 1.29 is 14.0 Å². The highest BCUT2D eigenvalue weighted by Crippen LogP contribution is 2.26. The lowest BCUT2D eigenvalue weighted by Gasteiger charge is -2.20. The van der Waals surface area contributed by atoms with Gasteiger partial charge in [-0.1, -0.05) is 37.6 Å². The van der Waals surface area contributed by atoms with Gasteiger partial charge in [-0.3, -0.25) is 9.59 Å². The molecule has 0 spiro atoms. The minimum atomic E-state index is -0.717. The van der Waals surface area contributed by atoms with E-state index in [1.165, 1.54) is 17.6 Å². The van der Waals surface area contributed by atoms with E-state index in [1.54, 1.807) is 24.3 Å². The molecule has 0 unspecified atom stereocenters. The molecule has 0 saturated carbocycles. The first-order chi connectivity index (χ1) is 12.9. The maximum Gasteiger partial charge on any atom is 0.287 e. The molecular weight excluding hydrogens is 386 g/mol. The van der Waals surface area contributed by atoms with Crippen LogP contribution in [-0.2, 0) is 4.79 Å². The molecule has 0 aliphatic rings. The van der Waals surface area contributed by atoms with E-state index in [0.717, 1.165) is 11.3 Å². The van der Waals surface area contributed by atoms with Gasteiger partial charge in [0.15, 0.2) is 10.9 Å². The van der Waals surface area contributed by atoms with Crippen LogP contribution in [0.1, 0.15) is 24.4 Å². The zero-order valence-electron chi connectivity index (χ0n) is 14.7. The molecule has 0 radical (unpaired) electrons. The zero-order chi connectivity index (χ0) is 19.4. The van der Waals surface area contributed by atoms with E-state index in [2.05, 4.69) is 15.6 Å². The lowest BCUT2D eigenvalue weighted by atomic mass is 10.0. The van der Waals surface area contributed by atoms with Crippen molar-refractivity contribution in [1.82, 2.24) is 10.3 Å². The number of hydrogen-bond acceptors (Lipinski definition) is 5. The minimum Gasteiger partial charge on any atom is -0.459 e. The summed E-state index contributed by atoms with van der Waals surface area (Å²) in [6, 6.07) is 9.75. The summed E-state index contributed by atoms with van der Waals surface area (Å²) >= 11 is 7.22. The molecule has 0 saturated heterocycles. The van der Waals surface area contributed by atoms with E-state index in [0.29, 0.717) is 10.2 Å². The van der Waals surface area contributed by atoms with Crippen molar-refractivity contribution in [2.45, 2.75) is 19.9 Å². The summed E-state index contributed by atoms with van der Waals surface area (Å²) in [6.45, 7) is 3.71. The van der Waals surface area contributed by atoms with E-state index in [-0.39, 0.29) is 17.6 Å². The van der Waals surface area contributed by atoms with Crippen LogP contribution in [0.15, 0.2) is 52.5 Å². The Morgan fingerprint density at radius 1 is 1.19 bits per heavy atom. The molecule has 2 heterocycles. The van der Waals surface area contributed by atoms with E-state index < -0.39 is 11.9 Å². The van der Waals surface area contributed by atoms with Gasteiger partial charge in [0.1, 0.15) is 6.04 Å². The average molecular weight is 404 g/mol. The standard InChI is InChI=1S/C19H18ClN3O3S/c1-11(2)16(22-17(24)15-4-3-9-26-15)18(25)23-19-21-14(10-27-19)12-5-7-13(20)8-6-12/h3-11,16H,1-2H3,(H,22,24)(H,21,23,25)/t16-/m0/s1. The van der Waals surface area contributed by atoms with Crippen LogP contribution in [-0.4, -0.2) is 22.8 Å². The predicted octanol–water partition coefficient (Wildman–Crippen LogP) is 4.45. The van der Waals surface area contributed by atoms with Crippen LogP contribution in [0.2, 0.25) is 5.02 Å². The fourth-order valence-corrected chi connectivity index (χ4v) is 3.27. The van der Waals surface area contributed by atoms with E-state index in [4.69, 9.17) is 16.0 Å². The maximum atomic E-state index is 12.6. The lowest BCUT2D eigenvalue weighted by molar-refractivity contribution is -0.118. The molecule has 8 heteroatoms. The van der Waals surface area contributed by atoms with Crippen LogP contribution in [0.3, 0.4) is 0 Å². The number of hydrogen-bond donors (Lipinski definition) is 2. The van der Waals surface area contributed by atoms with Crippen LogP contribution >= 0.6 is 22.9 Å². The summed E-state index contributed by atoms with van der Waals surface area (Å²) in [6.07, 6.45) is 1.41. The molecule has 1 atom stereocenters. The van der Waals surface area contributed by atoms with Gasteiger partial charge in [-0.2, -0.15) is 0 Å². The van der Waals surface area contributed by atoms with E-state index in [9.17, 15) is 9.59 Å². The molecule has 0 aliphatic heterocycles. The van der Waals surface area contributed by atoms with Crippen molar-refractivity contribution in [3.63, 3.8) is 0 Å². The number of rotatable bonds is 6. The van der Waals surface area contributed by atoms with E-state index >= 15 is 0 Å². The molecule has 6 nitrogen and oxygen atoms in total. The van der Waals surface area contributed by atoms with Crippen LogP contribution in [0.4, 0.5) is 5.13 Å². The second-order valence-electron chi connectivity index (χ2n) is 6.21. The van der Waals surface area contributed by atoms with Gasteiger partial charge in [0.05, 0.1) is 12.0 Å². The molecular formula is C19H18ClN3O3S. The number of halogens is 1. The van der Waals surface area contributed by atoms with E-state index in [1.807, 2.05) is 31.4 Å². The van der Waals surface area contributed by atoms with Gasteiger partial charge in [-0.15, -0.1) is 11.3 Å².